The van der Waals surface area contributed by atoms with Crippen molar-refractivity contribution in [3.05, 3.63) is 60.1 Å². The molecule has 11 nitrogen and oxygen atoms in total. The number of aromatic nitrogens is 6. The molecule has 0 spiro atoms. The molecule has 0 saturated heterocycles. The van der Waals surface area contributed by atoms with E-state index < -0.39 is 6.04 Å². The van der Waals surface area contributed by atoms with Crippen LogP contribution in [-0.2, 0) is 27.9 Å². The lowest BCUT2D eigenvalue weighted by atomic mass is 10.1. The number of nitrogens with one attached hydrogen (secondary N) is 2. The largest absolute Gasteiger partial charge is 0.466 e. The second kappa shape index (κ2) is 10.3. The van der Waals surface area contributed by atoms with Crippen LogP contribution in [0.3, 0.4) is 0 Å². The van der Waals surface area contributed by atoms with Gasteiger partial charge in [-0.25, -0.2) is 4.68 Å². The van der Waals surface area contributed by atoms with E-state index in [1.54, 1.807) is 28.4 Å². The molecule has 1 atom stereocenters. The Kier molecular flexibility index (Phi) is 7.32. The molecule has 1 unspecified atom stereocenters. The number of anilines is 2. The van der Waals surface area contributed by atoms with Crippen LogP contribution in [0.4, 0.5) is 11.5 Å². The quantitative estimate of drug-likeness (QED) is 0.363. The van der Waals surface area contributed by atoms with Gasteiger partial charge in [-0.2, -0.15) is 5.10 Å². The predicted octanol–water partition coefficient (Wildman–Crippen LogP) is 1.99. The summed E-state index contributed by atoms with van der Waals surface area (Å²) in [5.74, 6) is 0.555. The van der Waals surface area contributed by atoms with Gasteiger partial charge in [0.2, 0.25) is 5.91 Å². The summed E-state index contributed by atoms with van der Waals surface area (Å²) >= 11 is 0. The van der Waals surface area contributed by atoms with Gasteiger partial charge >= 0.3 is 5.97 Å². The first-order valence-electron chi connectivity index (χ1n) is 10.1. The summed E-state index contributed by atoms with van der Waals surface area (Å²) < 4.78 is 8.33. The molecule has 1 aromatic carbocycles. The molecular weight excluding hydrogens is 412 g/mol. The summed E-state index contributed by atoms with van der Waals surface area (Å²) in [6.07, 6.45) is 1.35. The van der Waals surface area contributed by atoms with Crippen LogP contribution in [0.2, 0.25) is 0 Å². The smallest absolute Gasteiger partial charge is 0.307 e. The van der Waals surface area contributed by atoms with Crippen molar-refractivity contribution in [2.24, 2.45) is 7.05 Å². The van der Waals surface area contributed by atoms with Gasteiger partial charge in [0.1, 0.15) is 11.9 Å². The molecule has 0 radical (unpaired) electrons. The van der Waals surface area contributed by atoms with Crippen molar-refractivity contribution < 1.29 is 14.3 Å². The maximum absolute atomic E-state index is 11.8. The summed E-state index contributed by atoms with van der Waals surface area (Å²) in [4.78, 5) is 23.4. The Balaban J connectivity index is 1.90. The molecule has 0 saturated carbocycles. The van der Waals surface area contributed by atoms with E-state index in [1.165, 1.54) is 6.08 Å². The number of tetrazole rings is 1. The summed E-state index contributed by atoms with van der Waals surface area (Å²) in [5.41, 5.74) is 2.46. The number of aryl methyl sites for hydroxylation is 3. The van der Waals surface area contributed by atoms with E-state index >= 15 is 0 Å². The van der Waals surface area contributed by atoms with E-state index in [0.29, 0.717) is 23.9 Å². The van der Waals surface area contributed by atoms with Crippen LogP contribution in [0.1, 0.15) is 36.5 Å². The van der Waals surface area contributed by atoms with Gasteiger partial charge in [-0.05, 0) is 48.0 Å². The van der Waals surface area contributed by atoms with Crippen molar-refractivity contribution in [2.75, 3.05) is 17.2 Å². The highest BCUT2D eigenvalue weighted by molar-refractivity contribution is 5.98. The Morgan fingerprint density at radius 2 is 2.03 bits per heavy atom. The second-order valence-electron chi connectivity index (χ2n) is 7.00. The molecule has 11 heteroatoms. The number of carbonyl (C=O) groups is 2. The van der Waals surface area contributed by atoms with E-state index in [4.69, 9.17) is 4.74 Å². The minimum Gasteiger partial charge on any atom is -0.466 e. The third-order valence-corrected chi connectivity index (χ3v) is 4.75. The van der Waals surface area contributed by atoms with Crippen LogP contribution in [0.25, 0.3) is 0 Å². The normalized spacial score (nSPS) is 11.6. The highest BCUT2D eigenvalue weighted by Gasteiger charge is 2.23. The predicted molar refractivity (Wildman–Crippen MR) is 118 cm³/mol. The second-order valence-corrected chi connectivity index (χ2v) is 7.00. The van der Waals surface area contributed by atoms with Crippen molar-refractivity contribution >= 4 is 23.4 Å². The summed E-state index contributed by atoms with van der Waals surface area (Å²) in [5, 5.41) is 22.6. The van der Waals surface area contributed by atoms with Crippen LogP contribution in [0.15, 0.2) is 43.0 Å². The van der Waals surface area contributed by atoms with Gasteiger partial charge in [-0.15, -0.1) is 5.10 Å². The summed E-state index contributed by atoms with van der Waals surface area (Å²) in [7, 11) is 1.86. The van der Waals surface area contributed by atoms with Crippen molar-refractivity contribution in [2.45, 2.75) is 32.9 Å². The van der Waals surface area contributed by atoms with Crippen molar-refractivity contribution in [3.8, 4) is 0 Å². The van der Waals surface area contributed by atoms with Crippen LogP contribution in [0.5, 0.6) is 0 Å². The van der Waals surface area contributed by atoms with E-state index in [2.05, 4.69) is 37.8 Å². The minimum absolute atomic E-state index is 0.147. The van der Waals surface area contributed by atoms with Crippen LogP contribution in [-0.4, -0.2) is 48.5 Å². The molecule has 1 amide bonds. The SMILES string of the molecule is C=CC(=O)Nc1ccc(C(Nc2cc(C)n(C)n2)c2nnnn2CCC(=O)OCC)cc1. The van der Waals surface area contributed by atoms with Gasteiger partial charge in [-0.1, -0.05) is 18.7 Å². The van der Waals surface area contributed by atoms with Gasteiger partial charge in [-0.3, -0.25) is 14.3 Å². The number of rotatable bonds is 10. The number of carbonyl (C=O) groups excluding carboxylic acids is 2. The van der Waals surface area contributed by atoms with Gasteiger partial charge in [0.05, 0.1) is 19.6 Å². The van der Waals surface area contributed by atoms with Crippen LogP contribution >= 0.6 is 0 Å². The standard InChI is InChI=1S/C21H26N8O3/c1-5-18(30)22-16-9-7-15(8-10-16)20(23-17-13-14(3)28(4)25-17)21-24-26-27-29(21)12-11-19(31)32-6-2/h5,7-10,13,20H,1,6,11-12H2,2-4H3,(H,22,30)(H,23,25). The number of hydrogen-bond acceptors (Lipinski definition) is 8. The lowest BCUT2D eigenvalue weighted by Gasteiger charge is -2.19. The molecule has 0 bridgehead atoms. The third kappa shape index (κ3) is 5.56. The molecule has 0 aliphatic carbocycles. The zero-order chi connectivity index (χ0) is 23.1. The summed E-state index contributed by atoms with van der Waals surface area (Å²) in [6.45, 7) is 7.76. The number of ether oxygens (including phenoxy) is 1. The van der Waals surface area contributed by atoms with Gasteiger partial charge in [0.15, 0.2) is 5.82 Å². The number of nitrogens with zero attached hydrogens (tertiary/aromatic N) is 6. The zero-order valence-corrected chi connectivity index (χ0v) is 18.3. The van der Waals surface area contributed by atoms with E-state index in [-0.39, 0.29) is 24.8 Å². The Hall–Kier alpha value is -4.02. The Morgan fingerprint density at radius 1 is 1.28 bits per heavy atom. The molecule has 3 rings (SSSR count). The molecule has 3 aromatic rings. The van der Waals surface area contributed by atoms with Crippen molar-refractivity contribution in [1.29, 1.82) is 0 Å². The lowest BCUT2D eigenvalue weighted by Crippen LogP contribution is -2.20. The fourth-order valence-corrected chi connectivity index (χ4v) is 3.04. The highest BCUT2D eigenvalue weighted by Crippen LogP contribution is 2.26. The molecule has 168 valence electrons. The van der Waals surface area contributed by atoms with E-state index in [0.717, 1.165) is 11.3 Å². The zero-order valence-electron chi connectivity index (χ0n) is 18.3. The van der Waals surface area contributed by atoms with Gasteiger partial charge < -0.3 is 15.4 Å². The molecule has 32 heavy (non-hydrogen) atoms. The molecule has 0 aliphatic heterocycles. The van der Waals surface area contributed by atoms with Gasteiger partial charge in [0, 0.05) is 24.5 Å². The average molecular weight is 438 g/mol. The Labute approximate surface area is 185 Å². The first-order valence-corrected chi connectivity index (χ1v) is 10.1. The maximum Gasteiger partial charge on any atom is 0.307 e. The monoisotopic (exact) mass is 438 g/mol. The lowest BCUT2D eigenvalue weighted by molar-refractivity contribution is -0.143. The molecule has 2 heterocycles. The summed E-state index contributed by atoms with van der Waals surface area (Å²) in [6, 6.07) is 8.74. The number of amides is 1. The third-order valence-electron chi connectivity index (χ3n) is 4.75. The van der Waals surface area contributed by atoms with Crippen molar-refractivity contribution in [3.63, 3.8) is 0 Å². The Bertz CT molecular complexity index is 1070. The van der Waals surface area contributed by atoms with Gasteiger partial charge in [0.25, 0.3) is 0 Å². The number of esters is 1. The first kappa shape index (κ1) is 22.7. The topological polar surface area (TPSA) is 129 Å². The molecule has 2 aromatic heterocycles. The fraction of sp³-hybridized carbons (Fsp3) is 0.333. The molecule has 0 fully saturated rings. The van der Waals surface area contributed by atoms with E-state index in [9.17, 15) is 9.59 Å². The van der Waals surface area contributed by atoms with E-state index in [1.807, 2.05) is 32.2 Å². The fourth-order valence-electron chi connectivity index (χ4n) is 3.04. The number of hydrogen-bond donors (Lipinski definition) is 2. The Morgan fingerprint density at radius 3 is 2.66 bits per heavy atom. The van der Waals surface area contributed by atoms with Crippen LogP contribution in [0, 0.1) is 6.92 Å². The number of benzene rings is 1. The van der Waals surface area contributed by atoms with Crippen LogP contribution < -0.4 is 10.6 Å². The molecule has 2 N–H and O–H groups in total. The first-order chi connectivity index (χ1) is 15.4. The average Bonchev–Trinajstić information content (AvgIpc) is 3.37. The molecular formula is C21H26N8O3. The minimum atomic E-state index is -0.453. The highest BCUT2D eigenvalue weighted by atomic mass is 16.5. The van der Waals surface area contributed by atoms with Crippen molar-refractivity contribution in [1.82, 2.24) is 30.0 Å². The molecule has 0 aliphatic rings. The maximum atomic E-state index is 11.8.